The minimum atomic E-state index is -0.391. The van der Waals surface area contributed by atoms with E-state index in [0.29, 0.717) is 38.8 Å². The first-order valence-electron chi connectivity index (χ1n) is 7.92. The average Bonchev–Trinajstić information content (AvgIpc) is 3.07. The van der Waals surface area contributed by atoms with E-state index < -0.39 is 5.82 Å². The van der Waals surface area contributed by atoms with Crippen molar-refractivity contribution in [2.75, 3.05) is 5.32 Å². The minimum absolute atomic E-state index is 0.335. The van der Waals surface area contributed by atoms with Crippen molar-refractivity contribution in [2.24, 2.45) is 0 Å². The molecule has 0 saturated heterocycles. The monoisotopic (exact) mass is 492 g/mol. The van der Waals surface area contributed by atoms with Gasteiger partial charge in [0.05, 0.1) is 10.6 Å². The van der Waals surface area contributed by atoms with Crippen LogP contribution in [0.2, 0.25) is 5.02 Å². The Balaban J connectivity index is 1.64. The molecule has 0 spiro atoms. The Labute approximate surface area is 172 Å². The molecule has 4 nitrogen and oxygen atoms in total. The van der Waals surface area contributed by atoms with Gasteiger partial charge in [0.25, 0.3) is 5.91 Å². The van der Waals surface area contributed by atoms with E-state index in [-0.39, 0.29) is 5.91 Å². The van der Waals surface area contributed by atoms with E-state index in [9.17, 15) is 9.18 Å². The largest absolute Gasteiger partial charge is 0.436 e. The molecule has 0 aliphatic carbocycles. The summed E-state index contributed by atoms with van der Waals surface area (Å²) >= 11 is 8.44. The molecule has 3 aromatic carbocycles. The number of rotatable bonds is 3. The number of hydrogen-bond acceptors (Lipinski definition) is 3. The van der Waals surface area contributed by atoms with Gasteiger partial charge in [0.2, 0.25) is 5.89 Å². The summed E-state index contributed by atoms with van der Waals surface area (Å²) in [5, 5.41) is 3.32. The molecule has 134 valence electrons. The van der Waals surface area contributed by atoms with E-state index in [1.807, 2.05) is 12.1 Å². The maximum atomic E-state index is 13.0. The van der Waals surface area contributed by atoms with E-state index in [0.717, 1.165) is 3.57 Å². The molecule has 0 aliphatic heterocycles. The zero-order valence-corrected chi connectivity index (χ0v) is 16.6. The number of carbonyl (C=O) groups is 1. The number of fused-ring (bicyclic) bond motifs is 1. The highest BCUT2D eigenvalue weighted by atomic mass is 127. The molecule has 0 bridgehead atoms. The molecule has 1 heterocycles. The third kappa shape index (κ3) is 3.81. The van der Waals surface area contributed by atoms with E-state index in [2.05, 4.69) is 32.9 Å². The molecule has 0 unspecified atom stereocenters. The number of halogens is 3. The number of carbonyl (C=O) groups excluding carboxylic acids is 1. The van der Waals surface area contributed by atoms with Crippen LogP contribution in [0.25, 0.3) is 22.6 Å². The molecule has 4 aromatic rings. The van der Waals surface area contributed by atoms with Crippen molar-refractivity contribution in [3.8, 4) is 11.5 Å². The summed E-state index contributed by atoms with van der Waals surface area (Å²) in [6.07, 6.45) is 0. The van der Waals surface area contributed by atoms with E-state index >= 15 is 0 Å². The van der Waals surface area contributed by atoms with Crippen molar-refractivity contribution in [3.63, 3.8) is 0 Å². The molecule has 4 rings (SSSR count). The van der Waals surface area contributed by atoms with Crippen molar-refractivity contribution < 1.29 is 13.6 Å². The number of anilines is 1. The van der Waals surface area contributed by atoms with Gasteiger partial charge in [0, 0.05) is 14.8 Å². The molecule has 0 saturated carbocycles. The van der Waals surface area contributed by atoms with Gasteiger partial charge in [-0.15, -0.1) is 0 Å². The van der Waals surface area contributed by atoms with Crippen LogP contribution < -0.4 is 5.32 Å². The second kappa shape index (κ2) is 7.28. The fourth-order valence-corrected chi connectivity index (χ4v) is 3.28. The Hall–Kier alpha value is -2.45. The average molecular weight is 493 g/mol. The lowest BCUT2D eigenvalue weighted by atomic mass is 10.2. The number of benzene rings is 3. The molecule has 7 heteroatoms. The lowest BCUT2D eigenvalue weighted by molar-refractivity contribution is 0.102. The van der Waals surface area contributed by atoms with Crippen molar-refractivity contribution in [2.45, 2.75) is 0 Å². The van der Waals surface area contributed by atoms with Crippen molar-refractivity contribution >= 4 is 56.9 Å². The topological polar surface area (TPSA) is 55.1 Å². The summed E-state index contributed by atoms with van der Waals surface area (Å²) in [4.78, 5) is 16.8. The van der Waals surface area contributed by atoms with Gasteiger partial charge in [-0.05, 0) is 83.3 Å². The third-order valence-corrected chi connectivity index (χ3v) is 4.91. The second-order valence-electron chi connectivity index (χ2n) is 5.79. The number of oxazole rings is 1. The van der Waals surface area contributed by atoms with Gasteiger partial charge in [0.1, 0.15) is 11.3 Å². The highest BCUT2D eigenvalue weighted by Crippen LogP contribution is 2.32. The Bertz CT molecular complexity index is 1160. The fourth-order valence-electron chi connectivity index (χ4n) is 2.59. The molecule has 0 atom stereocenters. The molecule has 27 heavy (non-hydrogen) atoms. The van der Waals surface area contributed by atoms with Crippen LogP contribution >= 0.6 is 34.2 Å². The van der Waals surface area contributed by atoms with Crippen molar-refractivity contribution in [1.82, 2.24) is 4.98 Å². The lowest BCUT2D eigenvalue weighted by Gasteiger charge is -2.04. The molecule has 1 N–H and O–H groups in total. The highest BCUT2D eigenvalue weighted by molar-refractivity contribution is 14.1. The molecular weight excluding hydrogens is 482 g/mol. The Morgan fingerprint density at radius 2 is 1.85 bits per heavy atom. The lowest BCUT2D eigenvalue weighted by Crippen LogP contribution is -2.11. The Morgan fingerprint density at radius 3 is 2.63 bits per heavy atom. The van der Waals surface area contributed by atoms with Crippen LogP contribution in [0, 0.1) is 9.39 Å². The summed E-state index contributed by atoms with van der Waals surface area (Å²) in [6, 6.07) is 16.1. The fraction of sp³-hybridized carbons (Fsp3) is 0. The first-order chi connectivity index (χ1) is 13.0. The molecule has 0 aliphatic rings. The van der Waals surface area contributed by atoms with E-state index in [4.69, 9.17) is 16.0 Å². The van der Waals surface area contributed by atoms with Gasteiger partial charge in [-0.1, -0.05) is 11.6 Å². The van der Waals surface area contributed by atoms with Crippen LogP contribution in [-0.2, 0) is 0 Å². The predicted octanol–water partition coefficient (Wildman–Crippen LogP) is 6.14. The number of nitrogens with one attached hydrogen (secondary N) is 1. The second-order valence-corrected chi connectivity index (χ2v) is 7.44. The van der Waals surface area contributed by atoms with Gasteiger partial charge in [0.15, 0.2) is 5.58 Å². The number of amides is 1. The third-order valence-electron chi connectivity index (χ3n) is 3.91. The van der Waals surface area contributed by atoms with Gasteiger partial charge in [-0.25, -0.2) is 9.37 Å². The summed E-state index contributed by atoms with van der Waals surface area (Å²) in [5.41, 5.74) is 2.81. The first kappa shape index (κ1) is 17.9. The minimum Gasteiger partial charge on any atom is -0.436 e. The predicted molar refractivity (Wildman–Crippen MR) is 112 cm³/mol. The van der Waals surface area contributed by atoms with Crippen molar-refractivity contribution in [3.05, 3.63) is 80.6 Å². The number of aromatic nitrogens is 1. The Morgan fingerprint density at radius 1 is 1.07 bits per heavy atom. The standard InChI is InChI=1S/C20H11ClFIN2O2/c21-16-7-5-13(23)9-15(16)20-25-17-10-14(6-8-18(17)27-20)24-19(26)11-1-3-12(22)4-2-11/h1-10H,(H,24,26). The highest BCUT2D eigenvalue weighted by Gasteiger charge is 2.13. The Kier molecular flexibility index (Phi) is 4.84. The van der Waals surface area contributed by atoms with E-state index in [1.54, 1.807) is 24.3 Å². The van der Waals surface area contributed by atoms with Crippen molar-refractivity contribution in [1.29, 1.82) is 0 Å². The normalized spacial score (nSPS) is 10.9. The summed E-state index contributed by atoms with van der Waals surface area (Å²) < 4.78 is 19.8. The van der Waals surface area contributed by atoms with Crippen LogP contribution in [0.3, 0.4) is 0 Å². The van der Waals surface area contributed by atoms with Crippen LogP contribution in [0.15, 0.2) is 65.1 Å². The zero-order valence-electron chi connectivity index (χ0n) is 13.7. The molecule has 1 amide bonds. The van der Waals surface area contributed by atoms with E-state index in [1.165, 1.54) is 24.3 Å². The van der Waals surface area contributed by atoms with Crippen LogP contribution in [0.1, 0.15) is 10.4 Å². The maximum absolute atomic E-state index is 13.0. The van der Waals surface area contributed by atoms with Gasteiger partial charge in [-0.2, -0.15) is 0 Å². The van der Waals surface area contributed by atoms with Gasteiger partial charge < -0.3 is 9.73 Å². The summed E-state index contributed by atoms with van der Waals surface area (Å²) in [7, 11) is 0. The first-order valence-corrected chi connectivity index (χ1v) is 9.38. The van der Waals surface area contributed by atoms with Crippen LogP contribution in [0.5, 0.6) is 0 Å². The quantitative estimate of drug-likeness (QED) is 0.349. The molecular formula is C20H11ClFIN2O2. The van der Waals surface area contributed by atoms with Gasteiger partial charge in [-0.3, -0.25) is 4.79 Å². The zero-order chi connectivity index (χ0) is 19.0. The number of nitrogens with zero attached hydrogens (tertiary/aromatic N) is 1. The molecule has 1 aromatic heterocycles. The summed E-state index contributed by atoms with van der Waals surface area (Å²) in [6.45, 7) is 0. The smallest absolute Gasteiger partial charge is 0.255 e. The van der Waals surface area contributed by atoms with Gasteiger partial charge >= 0.3 is 0 Å². The molecule has 0 fully saturated rings. The molecule has 0 radical (unpaired) electrons. The van der Waals surface area contributed by atoms with Crippen LogP contribution in [0.4, 0.5) is 10.1 Å². The van der Waals surface area contributed by atoms with Crippen LogP contribution in [-0.4, -0.2) is 10.9 Å². The number of hydrogen-bond donors (Lipinski definition) is 1. The summed E-state index contributed by atoms with van der Waals surface area (Å²) in [5.74, 6) is -0.313. The maximum Gasteiger partial charge on any atom is 0.255 e. The SMILES string of the molecule is O=C(Nc1ccc2oc(-c3cc(I)ccc3Cl)nc2c1)c1ccc(F)cc1.